The van der Waals surface area contributed by atoms with Crippen molar-refractivity contribution in [2.45, 2.75) is 0 Å². The lowest BCUT2D eigenvalue weighted by Crippen LogP contribution is -2.10. The van der Waals surface area contributed by atoms with Crippen molar-refractivity contribution in [1.82, 2.24) is 4.57 Å². The third kappa shape index (κ3) is 4.65. The molecule has 0 saturated heterocycles. The minimum Gasteiger partial charge on any atom is -0.319 e. The first-order chi connectivity index (χ1) is 14.1. The second-order valence-corrected chi connectivity index (χ2v) is 7.93. The third-order valence-electron chi connectivity index (χ3n) is 4.24. The Bertz CT molecular complexity index is 1230. The number of rotatable bonds is 4. The van der Waals surface area contributed by atoms with Gasteiger partial charge in [0.1, 0.15) is 0 Å². The van der Waals surface area contributed by atoms with Gasteiger partial charge in [0.2, 0.25) is 0 Å². The maximum Gasteiger partial charge on any atom is 0.190 e. The summed E-state index contributed by atoms with van der Waals surface area (Å²) in [5.74, 6) is 0. The zero-order valence-electron chi connectivity index (χ0n) is 15.5. The molecule has 0 aliphatic carbocycles. The van der Waals surface area contributed by atoms with Crippen LogP contribution in [0.25, 0.3) is 11.3 Å². The number of hydrogen-bond acceptors (Lipinski definition) is 4. The molecule has 144 valence electrons. The summed E-state index contributed by atoms with van der Waals surface area (Å²) in [6.07, 6.45) is 0. The molecule has 0 atom stereocenters. The van der Waals surface area contributed by atoms with Crippen molar-refractivity contribution >= 4 is 51.6 Å². The fraction of sp³-hybridized carbons (Fsp3) is 0.0455. The van der Waals surface area contributed by atoms with E-state index >= 15 is 0 Å². The van der Waals surface area contributed by atoms with E-state index in [2.05, 4.69) is 10.2 Å². The van der Waals surface area contributed by atoms with Crippen LogP contribution in [-0.4, -0.2) is 4.57 Å². The lowest BCUT2D eigenvalue weighted by molar-refractivity contribution is 0.883. The molecular formula is C22H16Cl2N4S. The van der Waals surface area contributed by atoms with Gasteiger partial charge in [0.15, 0.2) is 4.80 Å². The Hall–Kier alpha value is -2.73. The molecule has 1 aromatic heterocycles. The Kier molecular flexibility index (Phi) is 5.90. The molecule has 1 heterocycles. The van der Waals surface area contributed by atoms with Crippen LogP contribution in [0, 0.1) is 0 Å². The number of thiazole rings is 1. The molecule has 0 aliphatic heterocycles. The van der Waals surface area contributed by atoms with E-state index in [1.54, 1.807) is 17.4 Å². The topological polar surface area (TPSA) is 42.0 Å². The Balaban J connectivity index is 1.59. The molecule has 4 aromatic rings. The first kappa shape index (κ1) is 19.6. The van der Waals surface area contributed by atoms with Gasteiger partial charge in [-0.3, -0.25) is 0 Å². The van der Waals surface area contributed by atoms with E-state index in [0.717, 1.165) is 33.1 Å². The van der Waals surface area contributed by atoms with Gasteiger partial charge < -0.3 is 4.57 Å². The number of benzene rings is 3. The van der Waals surface area contributed by atoms with Crippen LogP contribution in [0.4, 0.5) is 17.1 Å². The minimum absolute atomic E-state index is 0.616. The normalized spacial score (nSPS) is 12.0. The molecular weight excluding hydrogens is 423 g/mol. The predicted octanol–water partition coefficient (Wildman–Crippen LogP) is 7.71. The molecule has 0 bridgehead atoms. The van der Waals surface area contributed by atoms with E-state index in [4.69, 9.17) is 28.2 Å². The van der Waals surface area contributed by atoms with Gasteiger partial charge in [0.05, 0.1) is 27.8 Å². The minimum atomic E-state index is 0.616. The average Bonchev–Trinajstić information content (AvgIpc) is 3.08. The van der Waals surface area contributed by atoms with Gasteiger partial charge in [-0.25, -0.2) is 4.99 Å². The second-order valence-electron chi connectivity index (χ2n) is 6.25. The maximum atomic E-state index is 6.35. The van der Waals surface area contributed by atoms with E-state index in [-0.39, 0.29) is 0 Å². The molecule has 0 aliphatic rings. The van der Waals surface area contributed by atoms with Crippen molar-refractivity contribution < 1.29 is 0 Å². The summed E-state index contributed by atoms with van der Waals surface area (Å²) in [4.78, 5) is 5.60. The van der Waals surface area contributed by atoms with Crippen LogP contribution >= 0.6 is 34.5 Å². The van der Waals surface area contributed by atoms with Crippen LogP contribution in [-0.2, 0) is 7.05 Å². The van der Waals surface area contributed by atoms with E-state index in [1.807, 2.05) is 83.7 Å². The van der Waals surface area contributed by atoms with Gasteiger partial charge in [-0.15, -0.1) is 11.3 Å². The van der Waals surface area contributed by atoms with Crippen molar-refractivity contribution in [1.29, 1.82) is 0 Å². The summed E-state index contributed by atoms with van der Waals surface area (Å²) in [6.45, 7) is 0. The molecule has 0 saturated carbocycles. The molecule has 29 heavy (non-hydrogen) atoms. The highest BCUT2D eigenvalue weighted by atomic mass is 35.5. The lowest BCUT2D eigenvalue weighted by Gasteiger charge is -2.05. The van der Waals surface area contributed by atoms with Gasteiger partial charge in [0.25, 0.3) is 0 Å². The van der Waals surface area contributed by atoms with Crippen LogP contribution in [0.2, 0.25) is 10.0 Å². The first-order valence-electron chi connectivity index (χ1n) is 8.82. The van der Waals surface area contributed by atoms with Gasteiger partial charge in [-0.2, -0.15) is 10.2 Å². The molecule has 4 nitrogen and oxygen atoms in total. The van der Waals surface area contributed by atoms with Crippen molar-refractivity contribution in [2.24, 2.45) is 22.3 Å². The summed E-state index contributed by atoms with van der Waals surface area (Å²) in [5, 5.41) is 11.8. The Morgan fingerprint density at radius 3 is 2.14 bits per heavy atom. The van der Waals surface area contributed by atoms with Crippen LogP contribution in [0.3, 0.4) is 0 Å². The number of azo groups is 1. The zero-order valence-corrected chi connectivity index (χ0v) is 17.8. The number of nitrogens with zero attached hydrogens (tertiary/aromatic N) is 4. The Morgan fingerprint density at radius 2 is 1.45 bits per heavy atom. The lowest BCUT2D eigenvalue weighted by atomic mass is 10.2. The Morgan fingerprint density at radius 1 is 0.793 bits per heavy atom. The fourth-order valence-electron chi connectivity index (χ4n) is 2.73. The highest BCUT2D eigenvalue weighted by molar-refractivity contribution is 7.07. The van der Waals surface area contributed by atoms with Gasteiger partial charge >= 0.3 is 0 Å². The molecule has 0 amide bonds. The molecule has 0 fully saturated rings. The van der Waals surface area contributed by atoms with Gasteiger partial charge in [0, 0.05) is 23.0 Å². The monoisotopic (exact) mass is 438 g/mol. The SMILES string of the molecule is Cn1c(-c2ccc(Cl)cc2Cl)csc1=Nc1ccc(N=Nc2ccccc2)cc1. The predicted molar refractivity (Wildman–Crippen MR) is 121 cm³/mol. The highest BCUT2D eigenvalue weighted by Crippen LogP contribution is 2.30. The van der Waals surface area contributed by atoms with Crippen molar-refractivity contribution in [3.8, 4) is 11.3 Å². The third-order valence-corrected chi connectivity index (χ3v) is 5.71. The van der Waals surface area contributed by atoms with Crippen molar-refractivity contribution in [3.63, 3.8) is 0 Å². The molecule has 3 aromatic carbocycles. The molecule has 0 radical (unpaired) electrons. The molecule has 7 heteroatoms. The van der Waals surface area contributed by atoms with E-state index < -0.39 is 0 Å². The Labute approximate surface area is 182 Å². The second kappa shape index (κ2) is 8.74. The fourth-order valence-corrected chi connectivity index (χ4v) is 4.15. The quantitative estimate of drug-likeness (QED) is 0.292. The first-order valence-corrected chi connectivity index (χ1v) is 10.5. The van der Waals surface area contributed by atoms with Crippen LogP contribution < -0.4 is 4.80 Å². The standard InChI is InChI=1S/C22H16Cl2N4S/c1-28-21(19-12-7-15(23)13-20(19)24)14-29-22(28)25-16-8-10-18(11-9-16)27-26-17-5-3-2-4-6-17/h2-14H,1H3. The summed E-state index contributed by atoms with van der Waals surface area (Å²) in [6, 6.07) is 22.8. The van der Waals surface area contributed by atoms with E-state index in [1.165, 1.54) is 0 Å². The highest BCUT2D eigenvalue weighted by Gasteiger charge is 2.09. The summed E-state index contributed by atoms with van der Waals surface area (Å²) < 4.78 is 2.02. The van der Waals surface area contributed by atoms with Crippen molar-refractivity contribution in [3.05, 3.63) is 93.0 Å². The number of hydrogen-bond donors (Lipinski definition) is 0. The molecule has 0 N–H and O–H groups in total. The summed E-state index contributed by atoms with van der Waals surface area (Å²) in [5.41, 5.74) is 4.35. The zero-order chi connectivity index (χ0) is 20.2. The van der Waals surface area contributed by atoms with Crippen molar-refractivity contribution in [2.75, 3.05) is 0 Å². The molecule has 0 unspecified atom stereocenters. The van der Waals surface area contributed by atoms with E-state index in [0.29, 0.717) is 10.0 Å². The smallest absolute Gasteiger partial charge is 0.190 e. The van der Waals surface area contributed by atoms with Crippen LogP contribution in [0.15, 0.2) is 93.4 Å². The van der Waals surface area contributed by atoms with Gasteiger partial charge in [-0.05, 0) is 54.6 Å². The van der Waals surface area contributed by atoms with E-state index in [9.17, 15) is 0 Å². The van der Waals surface area contributed by atoms with Crippen LogP contribution in [0.5, 0.6) is 0 Å². The summed E-state index contributed by atoms with van der Waals surface area (Å²) >= 11 is 13.9. The number of aromatic nitrogens is 1. The maximum absolute atomic E-state index is 6.35. The largest absolute Gasteiger partial charge is 0.319 e. The number of halogens is 2. The molecule has 4 rings (SSSR count). The summed E-state index contributed by atoms with van der Waals surface area (Å²) in [7, 11) is 1.97. The van der Waals surface area contributed by atoms with Crippen LogP contribution in [0.1, 0.15) is 0 Å². The average molecular weight is 439 g/mol. The molecule has 0 spiro atoms. The van der Waals surface area contributed by atoms with Gasteiger partial charge in [-0.1, -0.05) is 41.4 Å².